The van der Waals surface area contributed by atoms with Gasteiger partial charge in [0.1, 0.15) is 5.82 Å². The van der Waals surface area contributed by atoms with Crippen LogP contribution in [0, 0.1) is 12.7 Å². The molecule has 3 N–H and O–H groups in total. The summed E-state index contributed by atoms with van der Waals surface area (Å²) in [5, 5.41) is 8.79. The number of carbonyl (C=O) groups is 1. The number of unbranched alkanes of at least 4 members (excludes halogenated alkanes) is 1. The molecular formula is C12H16FNO2. The summed E-state index contributed by atoms with van der Waals surface area (Å²) in [5.41, 5.74) is 6.80. The third kappa shape index (κ3) is 3.03. The number of benzene rings is 1. The molecule has 0 radical (unpaired) electrons. The Bertz CT molecular complexity index is 391. The van der Waals surface area contributed by atoms with E-state index in [0.717, 1.165) is 30.4 Å². The number of nitrogens with two attached hydrogens (primary N) is 1. The van der Waals surface area contributed by atoms with Crippen molar-refractivity contribution in [3.05, 3.63) is 34.6 Å². The quantitative estimate of drug-likeness (QED) is 0.754. The second-order valence-electron chi connectivity index (χ2n) is 3.81. The number of aromatic carboxylic acids is 1. The van der Waals surface area contributed by atoms with Crippen LogP contribution in [-0.4, -0.2) is 17.6 Å². The molecule has 0 aromatic heterocycles. The first-order chi connectivity index (χ1) is 7.56. The summed E-state index contributed by atoms with van der Waals surface area (Å²) >= 11 is 0. The molecule has 0 heterocycles. The minimum absolute atomic E-state index is 0.256. The van der Waals surface area contributed by atoms with Crippen LogP contribution in [-0.2, 0) is 6.42 Å². The van der Waals surface area contributed by atoms with Gasteiger partial charge in [0.25, 0.3) is 0 Å². The average Bonchev–Trinajstić information content (AvgIpc) is 2.21. The Morgan fingerprint density at radius 2 is 2.12 bits per heavy atom. The fourth-order valence-electron chi connectivity index (χ4n) is 1.61. The first kappa shape index (κ1) is 12.6. The Kier molecular flexibility index (Phi) is 4.43. The summed E-state index contributed by atoms with van der Waals surface area (Å²) in [5.74, 6) is -1.90. The number of rotatable bonds is 5. The summed E-state index contributed by atoms with van der Waals surface area (Å²) in [6.07, 6.45) is 2.52. The zero-order chi connectivity index (χ0) is 12.1. The molecule has 1 aromatic rings. The summed E-state index contributed by atoms with van der Waals surface area (Å²) in [7, 11) is 0. The Hall–Kier alpha value is -1.42. The number of aryl methyl sites for hydroxylation is 2. The molecule has 0 bridgehead atoms. The molecule has 0 unspecified atom stereocenters. The van der Waals surface area contributed by atoms with Crippen molar-refractivity contribution >= 4 is 5.97 Å². The standard InChI is InChI=1S/C12H16FNO2/c1-8-6-11(13)10(12(15)16)7-9(8)4-2-3-5-14/h6-7H,2-5,14H2,1H3,(H,15,16). The maximum atomic E-state index is 13.3. The van der Waals surface area contributed by atoms with Gasteiger partial charge >= 0.3 is 5.97 Å². The molecule has 1 rings (SSSR count). The highest BCUT2D eigenvalue weighted by molar-refractivity contribution is 5.88. The van der Waals surface area contributed by atoms with Crippen molar-refractivity contribution in [1.29, 1.82) is 0 Å². The van der Waals surface area contributed by atoms with E-state index in [4.69, 9.17) is 10.8 Å². The predicted molar refractivity (Wildman–Crippen MR) is 60.1 cm³/mol. The molecule has 0 fully saturated rings. The highest BCUT2D eigenvalue weighted by Gasteiger charge is 2.12. The maximum Gasteiger partial charge on any atom is 0.338 e. The second kappa shape index (κ2) is 5.61. The molecule has 0 amide bonds. The highest BCUT2D eigenvalue weighted by atomic mass is 19.1. The summed E-state index contributed by atoms with van der Waals surface area (Å²) in [6.45, 7) is 2.40. The molecule has 0 spiro atoms. The van der Waals surface area contributed by atoms with E-state index >= 15 is 0 Å². The largest absolute Gasteiger partial charge is 0.478 e. The van der Waals surface area contributed by atoms with Crippen molar-refractivity contribution in [3.8, 4) is 0 Å². The van der Waals surface area contributed by atoms with Gasteiger partial charge in [-0.15, -0.1) is 0 Å². The van der Waals surface area contributed by atoms with Crippen molar-refractivity contribution in [2.45, 2.75) is 26.2 Å². The van der Waals surface area contributed by atoms with Crippen LogP contribution >= 0.6 is 0 Å². The van der Waals surface area contributed by atoms with Gasteiger partial charge in [-0.25, -0.2) is 9.18 Å². The molecule has 0 saturated carbocycles. The van der Waals surface area contributed by atoms with Gasteiger partial charge in [-0.05, 0) is 56.0 Å². The molecule has 3 nitrogen and oxygen atoms in total. The molecule has 0 saturated heterocycles. The first-order valence-electron chi connectivity index (χ1n) is 5.28. The molecule has 0 aliphatic carbocycles. The lowest BCUT2D eigenvalue weighted by Gasteiger charge is -2.07. The monoisotopic (exact) mass is 225 g/mol. The molecule has 1 aromatic carbocycles. The normalized spacial score (nSPS) is 10.4. The number of halogens is 1. The van der Waals surface area contributed by atoms with E-state index < -0.39 is 11.8 Å². The van der Waals surface area contributed by atoms with E-state index in [-0.39, 0.29) is 5.56 Å². The lowest BCUT2D eigenvalue weighted by atomic mass is 9.99. The van der Waals surface area contributed by atoms with Crippen LogP contribution in [0.1, 0.15) is 34.3 Å². The van der Waals surface area contributed by atoms with Gasteiger partial charge in [0.2, 0.25) is 0 Å². The number of hydrogen-bond donors (Lipinski definition) is 2. The Balaban J connectivity index is 2.91. The van der Waals surface area contributed by atoms with Crippen LogP contribution in [0.4, 0.5) is 4.39 Å². The van der Waals surface area contributed by atoms with Crippen LogP contribution in [0.2, 0.25) is 0 Å². The lowest BCUT2D eigenvalue weighted by molar-refractivity contribution is 0.0691. The molecule has 16 heavy (non-hydrogen) atoms. The molecule has 0 atom stereocenters. The van der Waals surface area contributed by atoms with Gasteiger partial charge in [-0.3, -0.25) is 0 Å². The predicted octanol–water partition coefficient (Wildman–Crippen LogP) is 2.11. The van der Waals surface area contributed by atoms with E-state index in [2.05, 4.69) is 0 Å². The fourth-order valence-corrected chi connectivity index (χ4v) is 1.61. The molecule has 0 aliphatic rings. The maximum absolute atomic E-state index is 13.3. The summed E-state index contributed by atoms with van der Waals surface area (Å²) < 4.78 is 13.3. The highest BCUT2D eigenvalue weighted by Crippen LogP contribution is 2.17. The van der Waals surface area contributed by atoms with Gasteiger partial charge in [0.15, 0.2) is 0 Å². The number of carboxylic acid groups (broad SMARTS) is 1. The minimum Gasteiger partial charge on any atom is -0.478 e. The molecule has 0 aliphatic heterocycles. The third-order valence-electron chi connectivity index (χ3n) is 2.56. The zero-order valence-electron chi connectivity index (χ0n) is 9.29. The van der Waals surface area contributed by atoms with Crippen molar-refractivity contribution in [2.24, 2.45) is 5.73 Å². The van der Waals surface area contributed by atoms with Crippen molar-refractivity contribution < 1.29 is 14.3 Å². The second-order valence-corrected chi connectivity index (χ2v) is 3.81. The van der Waals surface area contributed by atoms with E-state index in [9.17, 15) is 9.18 Å². The van der Waals surface area contributed by atoms with Gasteiger partial charge in [-0.1, -0.05) is 0 Å². The minimum atomic E-state index is -1.22. The van der Waals surface area contributed by atoms with Crippen LogP contribution in [0.15, 0.2) is 12.1 Å². The first-order valence-corrected chi connectivity index (χ1v) is 5.28. The smallest absolute Gasteiger partial charge is 0.338 e. The molecule has 88 valence electrons. The van der Waals surface area contributed by atoms with Gasteiger partial charge < -0.3 is 10.8 Å². The van der Waals surface area contributed by atoms with E-state index in [1.165, 1.54) is 12.1 Å². The fraction of sp³-hybridized carbons (Fsp3) is 0.417. The number of hydrogen-bond acceptors (Lipinski definition) is 2. The zero-order valence-corrected chi connectivity index (χ0v) is 9.29. The Labute approximate surface area is 94.1 Å². The van der Waals surface area contributed by atoms with Crippen LogP contribution in [0.5, 0.6) is 0 Å². The SMILES string of the molecule is Cc1cc(F)c(C(=O)O)cc1CCCCN. The molecule has 4 heteroatoms. The Morgan fingerprint density at radius 3 is 2.69 bits per heavy atom. The van der Waals surface area contributed by atoms with Crippen molar-refractivity contribution in [3.63, 3.8) is 0 Å². The lowest BCUT2D eigenvalue weighted by Crippen LogP contribution is -2.04. The summed E-state index contributed by atoms with van der Waals surface area (Å²) in [4.78, 5) is 10.8. The topological polar surface area (TPSA) is 63.3 Å². The van der Waals surface area contributed by atoms with Gasteiger partial charge in [-0.2, -0.15) is 0 Å². The van der Waals surface area contributed by atoms with E-state index in [1.54, 1.807) is 6.92 Å². The van der Waals surface area contributed by atoms with E-state index in [0.29, 0.717) is 6.54 Å². The van der Waals surface area contributed by atoms with Gasteiger partial charge in [0.05, 0.1) is 5.56 Å². The van der Waals surface area contributed by atoms with Crippen molar-refractivity contribution in [2.75, 3.05) is 6.54 Å². The average molecular weight is 225 g/mol. The Morgan fingerprint density at radius 1 is 1.44 bits per heavy atom. The molecular weight excluding hydrogens is 209 g/mol. The summed E-state index contributed by atoms with van der Waals surface area (Å²) in [6, 6.07) is 2.70. The number of carboxylic acids is 1. The van der Waals surface area contributed by atoms with Crippen LogP contribution < -0.4 is 5.73 Å². The third-order valence-corrected chi connectivity index (χ3v) is 2.56. The van der Waals surface area contributed by atoms with Crippen molar-refractivity contribution in [1.82, 2.24) is 0 Å². The van der Waals surface area contributed by atoms with E-state index in [1.807, 2.05) is 0 Å². The van der Waals surface area contributed by atoms with Crippen LogP contribution in [0.25, 0.3) is 0 Å². The van der Waals surface area contributed by atoms with Crippen LogP contribution in [0.3, 0.4) is 0 Å². The van der Waals surface area contributed by atoms with Gasteiger partial charge in [0, 0.05) is 0 Å².